The van der Waals surface area contributed by atoms with E-state index in [2.05, 4.69) is 15.9 Å². The molecule has 6 heteroatoms. The van der Waals surface area contributed by atoms with Gasteiger partial charge in [0.2, 0.25) is 0 Å². The Bertz CT molecular complexity index is 710. The molecule has 4 N–H and O–H groups in total. The minimum Gasteiger partial charge on any atom is -0.488 e. The highest BCUT2D eigenvalue weighted by Gasteiger charge is 2.30. The molecule has 0 radical (unpaired) electrons. The number of carbonyl (C=O) groups excluding carboxylic acids is 1. The van der Waals surface area contributed by atoms with Gasteiger partial charge in [0.05, 0.1) is 4.47 Å². The molecule has 126 valence electrons. The Kier molecular flexibility index (Phi) is 5.18. The molecule has 0 saturated carbocycles. The average Bonchev–Trinajstić information content (AvgIpc) is 2.93. The lowest BCUT2D eigenvalue weighted by molar-refractivity contribution is 0.0789. The molecule has 1 aliphatic heterocycles. The Morgan fingerprint density at radius 3 is 2.33 bits per heavy atom. The van der Waals surface area contributed by atoms with Crippen molar-refractivity contribution in [1.82, 2.24) is 4.90 Å². The Balaban J connectivity index is 1.61. The van der Waals surface area contributed by atoms with Crippen LogP contribution in [0.1, 0.15) is 15.9 Å². The molecular weight excluding hydrogens is 370 g/mol. The third kappa shape index (κ3) is 3.77. The average molecular weight is 390 g/mol. The molecule has 1 heterocycles. The number of hydrogen-bond donors (Lipinski definition) is 2. The van der Waals surface area contributed by atoms with Crippen LogP contribution in [0.15, 0.2) is 53.0 Å². The molecule has 5 nitrogen and oxygen atoms in total. The van der Waals surface area contributed by atoms with Crippen LogP contribution in [0.3, 0.4) is 0 Å². The van der Waals surface area contributed by atoms with Crippen LogP contribution < -0.4 is 16.2 Å². The van der Waals surface area contributed by atoms with Crippen LogP contribution in [0.2, 0.25) is 0 Å². The third-order valence-electron chi connectivity index (χ3n) is 4.13. The van der Waals surface area contributed by atoms with Crippen molar-refractivity contribution in [2.45, 2.75) is 18.7 Å². The lowest BCUT2D eigenvalue weighted by atomic mass is 10.1. The largest absolute Gasteiger partial charge is 0.488 e. The van der Waals surface area contributed by atoms with E-state index < -0.39 is 0 Å². The molecule has 0 bridgehead atoms. The predicted molar refractivity (Wildman–Crippen MR) is 96.8 cm³/mol. The quantitative estimate of drug-likeness (QED) is 0.838. The summed E-state index contributed by atoms with van der Waals surface area (Å²) in [7, 11) is 0. The lowest BCUT2D eigenvalue weighted by Gasteiger charge is -2.16. The fraction of sp³-hybridized carbons (Fsp3) is 0.278. The molecule has 24 heavy (non-hydrogen) atoms. The molecule has 1 fully saturated rings. The van der Waals surface area contributed by atoms with E-state index in [0.29, 0.717) is 25.3 Å². The van der Waals surface area contributed by atoms with Crippen molar-refractivity contribution in [3.05, 3.63) is 64.1 Å². The molecule has 2 aromatic rings. The van der Waals surface area contributed by atoms with E-state index in [1.807, 2.05) is 48.5 Å². The van der Waals surface area contributed by atoms with Crippen LogP contribution >= 0.6 is 15.9 Å². The molecule has 0 unspecified atom stereocenters. The van der Waals surface area contributed by atoms with Crippen LogP contribution in [0, 0.1) is 0 Å². The summed E-state index contributed by atoms with van der Waals surface area (Å²) >= 11 is 3.45. The summed E-state index contributed by atoms with van der Waals surface area (Å²) in [5, 5.41) is 0. The molecule has 0 aliphatic carbocycles. The minimum atomic E-state index is -0.147. The van der Waals surface area contributed by atoms with Gasteiger partial charge >= 0.3 is 0 Å². The molecule has 2 aromatic carbocycles. The first-order valence-electron chi connectivity index (χ1n) is 7.81. The topological polar surface area (TPSA) is 81.6 Å². The number of likely N-dealkylation sites (tertiary alicyclic amines) is 1. The Labute approximate surface area is 149 Å². The Morgan fingerprint density at radius 2 is 1.71 bits per heavy atom. The van der Waals surface area contributed by atoms with Crippen molar-refractivity contribution in [2.24, 2.45) is 11.5 Å². The van der Waals surface area contributed by atoms with Crippen molar-refractivity contribution >= 4 is 21.8 Å². The van der Waals surface area contributed by atoms with Gasteiger partial charge in [0.15, 0.2) is 0 Å². The molecule has 1 saturated heterocycles. The highest BCUT2D eigenvalue weighted by molar-refractivity contribution is 9.10. The van der Waals surface area contributed by atoms with Crippen molar-refractivity contribution in [3.8, 4) is 5.75 Å². The van der Waals surface area contributed by atoms with Crippen LogP contribution in [-0.2, 0) is 6.61 Å². The normalized spacial score (nSPS) is 20.2. The highest BCUT2D eigenvalue weighted by Crippen LogP contribution is 2.24. The van der Waals surface area contributed by atoms with Crippen molar-refractivity contribution < 1.29 is 9.53 Å². The Hall–Kier alpha value is -1.89. The second-order valence-electron chi connectivity index (χ2n) is 5.95. The van der Waals surface area contributed by atoms with E-state index >= 15 is 0 Å². The molecule has 2 atom stereocenters. The maximum Gasteiger partial charge on any atom is 0.253 e. The van der Waals surface area contributed by atoms with Gasteiger partial charge in [-0.25, -0.2) is 0 Å². The van der Waals surface area contributed by atoms with Gasteiger partial charge in [-0.1, -0.05) is 24.3 Å². The number of carbonyl (C=O) groups is 1. The van der Waals surface area contributed by atoms with Gasteiger partial charge in [-0.05, 0) is 45.8 Å². The standard InChI is InChI=1S/C18H20BrN3O2/c19-14-3-1-2-4-17(14)24-11-12-5-7-13(8-6-12)18(23)22-9-15(20)16(21)10-22/h1-8,15-16H,9-11,20-21H2/t15-,16-/m1/s1. The van der Waals surface area contributed by atoms with Gasteiger partial charge in [0.1, 0.15) is 12.4 Å². The second kappa shape index (κ2) is 7.34. The number of hydrogen-bond acceptors (Lipinski definition) is 4. The van der Waals surface area contributed by atoms with E-state index in [1.165, 1.54) is 0 Å². The number of rotatable bonds is 4. The van der Waals surface area contributed by atoms with Gasteiger partial charge in [0.25, 0.3) is 5.91 Å². The third-order valence-corrected chi connectivity index (χ3v) is 4.79. The fourth-order valence-corrected chi connectivity index (χ4v) is 3.07. The first-order chi connectivity index (χ1) is 11.5. The number of halogens is 1. The zero-order chi connectivity index (χ0) is 17.1. The van der Waals surface area contributed by atoms with Gasteiger partial charge in [0, 0.05) is 30.7 Å². The summed E-state index contributed by atoms with van der Waals surface area (Å²) in [6.45, 7) is 1.45. The molecule has 3 rings (SSSR count). The Morgan fingerprint density at radius 1 is 1.08 bits per heavy atom. The fourth-order valence-electron chi connectivity index (χ4n) is 2.67. The molecule has 0 spiro atoms. The zero-order valence-electron chi connectivity index (χ0n) is 13.2. The lowest BCUT2D eigenvalue weighted by Crippen LogP contribution is -2.39. The van der Waals surface area contributed by atoms with Gasteiger partial charge in [-0.15, -0.1) is 0 Å². The highest BCUT2D eigenvalue weighted by atomic mass is 79.9. The van der Waals surface area contributed by atoms with Gasteiger partial charge < -0.3 is 21.1 Å². The number of benzene rings is 2. The van der Waals surface area contributed by atoms with Gasteiger partial charge in [-0.2, -0.15) is 0 Å². The summed E-state index contributed by atoms with van der Waals surface area (Å²) in [6, 6.07) is 14.8. The predicted octanol–water partition coefficient (Wildman–Crippen LogP) is 2.14. The summed E-state index contributed by atoms with van der Waals surface area (Å²) in [5.41, 5.74) is 13.4. The van der Waals surface area contributed by atoms with E-state index in [1.54, 1.807) is 4.90 Å². The van der Waals surface area contributed by atoms with E-state index in [4.69, 9.17) is 16.2 Å². The molecule has 1 aliphatic rings. The number of nitrogens with zero attached hydrogens (tertiary/aromatic N) is 1. The second-order valence-corrected chi connectivity index (χ2v) is 6.81. The van der Waals surface area contributed by atoms with E-state index in [0.717, 1.165) is 15.8 Å². The maximum absolute atomic E-state index is 12.5. The van der Waals surface area contributed by atoms with Crippen LogP contribution in [0.5, 0.6) is 5.75 Å². The van der Waals surface area contributed by atoms with Crippen LogP contribution in [0.25, 0.3) is 0 Å². The number of para-hydroxylation sites is 1. The smallest absolute Gasteiger partial charge is 0.253 e. The van der Waals surface area contributed by atoms with E-state index in [9.17, 15) is 4.79 Å². The first kappa shape index (κ1) is 17.0. The summed E-state index contributed by atoms with van der Waals surface area (Å²) < 4.78 is 6.69. The number of ether oxygens (including phenoxy) is 1. The van der Waals surface area contributed by atoms with Crippen molar-refractivity contribution in [2.75, 3.05) is 13.1 Å². The number of nitrogens with two attached hydrogens (primary N) is 2. The molecule has 1 amide bonds. The number of amides is 1. The monoisotopic (exact) mass is 389 g/mol. The SMILES string of the molecule is N[C@@H]1CN(C(=O)c2ccc(COc3ccccc3Br)cc2)C[C@H]1N. The maximum atomic E-state index is 12.5. The van der Waals surface area contributed by atoms with Crippen molar-refractivity contribution in [3.63, 3.8) is 0 Å². The molecule has 0 aromatic heterocycles. The minimum absolute atomic E-state index is 0.0309. The zero-order valence-corrected chi connectivity index (χ0v) is 14.8. The van der Waals surface area contributed by atoms with Crippen LogP contribution in [-0.4, -0.2) is 36.0 Å². The van der Waals surface area contributed by atoms with Crippen LogP contribution in [0.4, 0.5) is 0 Å². The van der Waals surface area contributed by atoms with Gasteiger partial charge in [-0.3, -0.25) is 4.79 Å². The first-order valence-corrected chi connectivity index (χ1v) is 8.60. The summed E-state index contributed by atoms with van der Waals surface area (Å²) in [5.74, 6) is 0.759. The van der Waals surface area contributed by atoms with E-state index in [-0.39, 0.29) is 18.0 Å². The molecular formula is C18H20BrN3O2. The summed E-state index contributed by atoms with van der Waals surface area (Å²) in [6.07, 6.45) is 0. The van der Waals surface area contributed by atoms with Crippen molar-refractivity contribution in [1.29, 1.82) is 0 Å². The summed E-state index contributed by atoms with van der Waals surface area (Å²) in [4.78, 5) is 14.2.